The highest BCUT2D eigenvalue weighted by Crippen LogP contribution is 2.25. The van der Waals surface area contributed by atoms with E-state index in [0.29, 0.717) is 5.41 Å². The van der Waals surface area contributed by atoms with E-state index in [1.807, 2.05) is 26.4 Å². The van der Waals surface area contributed by atoms with Gasteiger partial charge in [-0.2, -0.15) is 16.4 Å². The largest absolute Gasteiger partial charge is 0.376 e. The molecule has 19 heavy (non-hydrogen) atoms. The van der Waals surface area contributed by atoms with E-state index >= 15 is 0 Å². The Kier molecular flexibility index (Phi) is 13.0. The average molecular weight is 276 g/mol. The Hall–Kier alpha value is -0.160. The summed E-state index contributed by atoms with van der Waals surface area (Å²) in [6.07, 6.45) is 3.34. The van der Waals surface area contributed by atoms with Gasteiger partial charge in [0, 0.05) is 20.2 Å². The fraction of sp³-hybridized carbons (Fsp3) is 1.00. The van der Waals surface area contributed by atoms with Crippen LogP contribution in [0.15, 0.2) is 0 Å². The maximum atomic E-state index is 5.97. The van der Waals surface area contributed by atoms with E-state index in [9.17, 15) is 0 Å². The molecule has 0 heterocycles. The van der Waals surface area contributed by atoms with E-state index in [1.54, 1.807) is 0 Å². The van der Waals surface area contributed by atoms with Crippen LogP contribution in [0.3, 0.4) is 0 Å². The topological polar surface area (TPSA) is 49.9 Å². The highest BCUT2D eigenvalue weighted by atomic mass is 16.5. The van der Waals surface area contributed by atoms with Crippen molar-refractivity contribution in [3.05, 3.63) is 0 Å². The maximum Gasteiger partial charge on any atom is 0.0640 e. The maximum absolute atomic E-state index is 5.97. The molecular formula is C15H38N3O+. The molecule has 0 saturated heterocycles. The molecule has 4 N–H and O–H groups in total. The zero-order chi connectivity index (χ0) is 15.4. The van der Waals surface area contributed by atoms with Gasteiger partial charge < -0.3 is 4.74 Å². The molecule has 0 radical (unpaired) electrons. The van der Waals surface area contributed by atoms with Gasteiger partial charge in [-0.25, -0.2) is 0 Å². The summed E-state index contributed by atoms with van der Waals surface area (Å²) < 4.78 is 5.97. The molecule has 0 rings (SSSR count). The molecule has 4 heteroatoms. The lowest BCUT2D eigenvalue weighted by Crippen LogP contribution is -3.00. The van der Waals surface area contributed by atoms with Gasteiger partial charge >= 0.3 is 0 Å². The third kappa shape index (κ3) is 14.1. The second-order valence-corrected chi connectivity index (χ2v) is 6.01. The Bertz CT molecular complexity index is 194. The number of hydrogen-bond donors (Lipinski definition) is 3. The molecule has 0 aromatic rings. The molecule has 0 aliphatic rings. The molecule has 0 aromatic heterocycles. The van der Waals surface area contributed by atoms with Crippen LogP contribution in [0.25, 0.3) is 0 Å². The van der Waals surface area contributed by atoms with Gasteiger partial charge in [-0.3, -0.25) is 0 Å². The lowest BCUT2D eigenvalue weighted by Gasteiger charge is -2.28. The molecule has 0 bridgehead atoms. The molecular weight excluding hydrogens is 238 g/mol. The molecule has 0 aliphatic heterocycles. The Balaban J connectivity index is 0. The van der Waals surface area contributed by atoms with Crippen LogP contribution < -0.4 is 16.4 Å². The van der Waals surface area contributed by atoms with Gasteiger partial charge in [-0.1, -0.05) is 41.0 Å². The van der Waals surface area contributed by atoms with Crippen LogP contribution in [-0.2, 0) is 4.74 Å². The van der Waals surface area contributed by atoms with Gasteiger partial charge in [0.15, 0.2) is 0 Å². The summed E-state index contributed by atoms with van der Waals surface area (Å²) in [6, 6.07) is 0. The fourth-order valence-corrected chi connectivity index (χ4v) is 1.40. The van der Waals surface area contributed by atoms with Crippen molar-refractivity contribution in [2.45, 2.75) is 73.3 Å². The first-order valence-corrected chi connectivity index (χ1v) is 7.69. The summed E-state index contributed by atoms with van der Waals surface area (Å²) in [6.45, 7) is 16.9. The van der Waals surface area contributed by atoms with Crippen molar-refractivity contribution in [1.82, 2.24) is 10.9 Å². The van der Waals surface area contributed by atoms with Crippen molar-refractivity contribution in [2.24, 2.45) is 5.41 Å². The van der Waals surface area contributed by atoms with Crippen molar-refractivity contribution < 1.29 is 10.3 Å². The Labute approximate surface area is 121 Å². The Morgan fingerprint density at radius 2 is 1.63 bits per heavy atom. The van der Waals surface area contributed by atoms with Crippen LogP contribution in [0, 0.1) is 5.41 Å². The first-order chi connectivity index (χ1) is 8.83. The lowest BCUT2D eigenvalue weighted by atomic mass is 9.87. The Morgan fingerprint density at radius 3 is 2.11 bits per heavy atom. The predicted octanol–water partition coefficient (Wildman–Crippen LogP) is 2.23. The van der Waals surface area contributed by atoms with Crippen molar-refractivity contribution in [3.63, 3.8) is 0 Å². The van der Waals surface area contributed by atoms with E-state index in [-0.39, 0.29) is 5.60 Å². The average Bonchev–Trinajstić information content (AvgIpc) is 2.37. The number of ether oxygens (including phenoxy) is 1. The third-order valence-corrected chi connectivity index (χ3v) is 3.35. The number of nitrogens with one attached hydrogen (secondary N) is 2. The zero-order valence-corrected chi connectivity index (χ0v) is 14.5. The molecule has 0 spiro atoms. The molecule has 0 unspecified atom stereocenters. The predicted molar refractivity (Wildman–Crippen MR) is 83.7 cm³/mol. The SMILES string of the molecule is CC.CCC(C)(C)CCOC(C)(C)CCN[NH2+]NC. The number of rotatable bonds is 10. The van der Waals surface area contributed by atoms with Gasteiger partial charge in [0.2, 0.25) is 0 Å². The summed E-state index contributed by atoms with van der Waals surface area (Å²) in [5.74, 6) is 0. The van der Waals surface area contributed by atoms with Gasteiger partial charge in [-0.15, -0.1) is 0 Å². The van der Waals surface area contributed by atoms with E-state index in [0.717, 1.165) is 26.0 Å². The summed E-state index contributed by atoms with van der Waals surface area (Å²) in [5.41, 5.74) is 8.35. The monoisotopic (exact) mass is 276 g/mol. The van der Waals surface area contributed by atoms with Gasteiger partial charge in [-0.05, 0) is 32.1 Å². The zero-order valence-electron chi connectivity index (χ0n) is 14.5. The first-order valence-electron chi connectivity index (χ1n) is 7.69. The van der Waals surface area contributed by atoms with Crippen LogP contribution in [0.2, 0.25) is 0 Å². The van der Waals surface area contributed by atoms with Crippen LogP contribution >= 0.6 is 0 Å². The highest BCUT2D eigenvalue weighted by Gasteiger charge is 2.21. The molecule has 0 saturated carbocycles. The summed E-state index contributed by atoms with van der Waals surface area (Å²) in [4.78, 5) is 0. The summed E-state index contributed by atoms with van der Waals surface area (Å²) >= 11 is 0. The minimum atomic E-state index is -0.0433. The van der Waals surface area contributed by atoms with Crippen LogP contribution in [0.5, 0.6) is 0 Å². The minimum absolute atomic E-state index is 0.0433. The molecule has 0 aliphatic carbocycles. The third-order valence-electron chi connectivity index (χ3n) is 3.35. The number of hydrogen-bond acceptors (Lipinski definition) is 3. The second-order valence-electron chi connectivity index (χ2n) is 6.01. The molecule has 0 atom stereocenters. The minimum Gasteiger partial charge on any atom is -0.376 e. The van der Waals surface area contributed by atoms with Gasteiger partial charge in [0.25, 0.3) is 0 Å². The van der Waals surface area contributed by atoms with Crippen molar-refractivity contribution in [3.8, 4) is 0 Å². The van der Waals surface area contributed by atoms with E-state index in [1.165, 1.54) is 6.42 Å². The van der Waals surface area contributed by atoms with Crippen molar-refractivity contribution >= 4 is 0 Å². The lowest BCUT2D eigenvalue weighted by molar-refractivity contribution is -0.759. The summed E-state index contributed by atoms with van der Waals surface area (Å²) in [5, 5.41) is 0. The van der Waals surface area contributed by atoms with E-state index < -0.39 is 0 Å². The first kappa shape index (κ1) is 21.1. The van der Waals surface area contributed by atoms with Crippen LogP contribution in [-0.4, -0.2) is 25.8 Å². The second kappa shape index (κ2) is 11.6. The normalized spacial score (nSPS) is 12.0. The molecule has 118 valence electrons. The van der Waals surface area contributed by atoms with E-state index in [4.69, 9.17) is 4.74 Å². The molecule has 0 aromatic carbocycles. The number of quaternary nitrogens is 1. The van der Waals surface area contributed by atoms with Crippen molar-refractivity contribution in [1.29, 1.82) is 0 Å². The van der Waals surface area contributed by atoms with Gasteiger partial charge in [0.05, 0.1) is 5.60 Å². The standard InChI is InChI=1S/C13H31N3O.C2H6/c1-7-12(2,3)9-11-17-13(4,5)8-10-15-16-14-6;1-2/h14-16H,7-11H2,1-6H3;1-2H3/p+1. The van der Waals surface area contributed by atoms with Gasteiger partial charge in [0.1, 0.15) is 0 Å². The fourth-order valence-electron chi connectivity index (χ4n) is 1.40. The van der Waals surface area contributed by atoms with Crippen LogP contribution in [0.1, 0.15) is 67.7 Å². The number of nitrogens with two attached hydrogens (primary N) is 1. The smallest absolute Gasteiger partial charge is 0.0640 e. The summed E-state index contributed by atoms with van der Waals surface area (Å²) in [7, 11) is 1.89. The molecule has 0 amide bonds. The highest BCUT2D eigenvalue weighted by molar-refractivity contribution is 4.71. The quantitative estimate of drug-likeness (QED) is 0.326. The van der Waals surface area contributed by atoms with Crippen LogP contribution in [0.4, 0.5) is 0 Å². The van der Waals surface area contributed by atoms with E-state index in [2.05, 4.69) is 45.5 Å². The molecule has 4 nitrogen and oxygen atoms in total. The Morgan fingerprint density at radius 1 is 1.05 bits per heavy atom. The molecule has 0 fully saturated rings. The van der Waals surface area contributed by atoms with Crippen molar-refractivity contribution in [2.75, 3.05) is 20.2 Å².